The third-order valence-electron chi connectivity index (χ3n) is 2.09. The standard InChI is InChI=1S/C9H19NO2/c1-4-6-7(8(10)5-2)9(11)12-3/h7-8H,4-6,10H2,1-3H3. The van der Waals surface area contributed by atoms with Crippen LogP contribution in [-0.4, -0.2) is 19.1 Å². The molecule has 72 valence electrons. The molecule has 12 heavy (non-hydrogen) atoms. The van der Waals surface area contributed by atoms with Crippen LogP contribution in [-0.2, 0) is 9.53 Å². The van der Waals surface area contributed by atoms with E-state index in [4.69, 9.17) is 5.73 Å². The Morgan fingerprint density at radius 1 is 1.50 bits per heavy atom. The molecule has 0 aromatic carbocycles. The van der Waals surface area contributed by atoms with Crippen molar-refractivity contribution < 1.29 is 9.53 Å². The van der Waals surface area contributed by atoms with E-state index in [1.54, 1.807) is 0 Å². The van der Waals surface area contributed by atoms with Gasteiger partial charge in [-0.05, 0) is 12.8 Å². The summed E-state index contributed by atoms with van der Waals surface area (Å²) >= 11 is 0. The predicted molar refractivity (Wildman–Crippen MR) is 48.7 cm³/mol. The summed E-state index contributed by atoms with van der Waals surface area (Å²) in [5.41, 5.74) is 5.78. The van der Waals surface area contributed by atoms with E-state index in [9.17, 15) is 4.79 Å². The average Bonchev–Trinajstić information content (AvgIpc) is 2.11. The highest BCUT2D eigenvalue weighted by Gasteiger charge is 2.23. The fourth-order valence-electron chi connectivity index (χ4n) is 1.25. The summed E-state index contributed by atoms with van der Waals surface area (Å²) < 4.78 is 4.67. The van der Waals surface area contributed by atoms with Crippen LogP contribution in [0.15, 0.2) is 0 Å². The maximum Gasteiger partial charge on any atom is 0.310 e. The highest BCUT2D eigenvalue weighted by Crippen LogP contribution is 2.13. The van der Waals surface area contributed by atoms with Gasteiger partial charge in [0.25, 0.3) is 0 Å². The van der Waals surface area contributed by atoms with Crippen LogP contribution in [0.2, 0.25) is 0 Å². The van der Waals surface area contributed by atoms with Gasteiger partial charge in [0.05, 0.1) is 13.0 Å². The first-order valence-corrected chi connectivity index (χ1v) is 4.50. The quantitative estimate of drug-likeness (QED) is 0.638. The number of carbonyl (C=O) groups excluding carboxylic acids is 1. The molecular weight excluding hydrogens is 154 g/mol. The molecule has 0 aliphatic carbocycles. The Kier molecular flexibility index (Phi) is 5.72. The van der Waals surface area contributed by atoms with E-state index < -0.39 is 0 Å². The van der Waals surface area contributed by atoms with Gasteiger partial charge in [-0.3, -0.25) is 4.79 Å². The van der Waals surface area contributed by atoms with Crippen LogP contribution in [0.4, 0.5) is 0 Å². The van der Waals surface area contributed by atoms with Gasteiger partial charge in [-0.2, -0.15) is 0 Å². The third kappa shape index (κ3) is 3.22. The van der Waals surface area contributed by atoms with Gasteiger partial charge < -0.3 is 10.5 Å². The Morgan fingerprint density at radius 3 is 2.42 bits per heavy atom. The zero-order valence-electron chi connectivity index (χ0n) is 8.17. The molecule has 0 aromatic rings. The second-order valence-corrected chi connectivity index (χ2v) is 2.99. The summed E-state index contributed by atoms with van der Waals surface area (Å²) in [7, 11) is 1.41. The molecular formula is C9H19NO2. The zero-order valence-corrected chi connectivity index (χ0v) is 8.17. The number of nitrogens with two attached hydrogens (primary N) is 1. The smallest absolute Gasteiger partial charge is 0.310 e. The number of esters is 1. The zero-order chi connectivity index (χ0) is 9.56. The van der Waals surface area contributed by atoms with Crippen LogP contribution in [0, 0.1) is 5.92 Å². The Morgan fingerprint density at radius 2 is 2.08 bits per heavy atom. The molecule has 0 saturated carbocycles. The van der Waals surface area contributed by atoms with Crippen molar-refractivity contribution in [3.63, 3.8) is 0 Å². The molecule has 0 aromatic heterocycles. The van der Waals surface area contributed by atoms with E-state index in [0.29, 0.717) is 0 Å². The summed E-state index contributed by atoms with van der Waals surface area (Å²) in [4.78, 5) is 11.2. The SMILES string of the molecule is CCCC(C(=O)OC)C(N)CC. The van der Waals surface area contributed by atoms with Crippen molar-refractivity contribution in [1.29, 1.82) is 0 Å². The van der Waals surface area contributed by atoms with E-state index in [0.717, 1.165) is 19.3 Å². The monoisotopic (exact) mass is 173 g/mol. The van der Waals surface area contributed by atoms with Gasteiger partial charge in [0.1, 0.15) is 0 Å². The molecule has 3 heteroatoms. The van der Waals surface area contributed by atoms with Gasteiger partial charge in [-0.15, -0.1) is 0 Å². The molecule has 0 rings (SSSR count). The molecule has 0 radical (unpaired) electrons. The lowest BCUT2D eigenvalue weighted by Gasteiger charge is -2.19. The van der Waals surface area contributed by atoms with Crippen molar-refractivity contribution >= 4 is 5.97 Å². The van der Waals surface area contributed by atoms with Crippen LogP contribution in [0.25, 0.3) is 0 Å². The Labute approximate surface area is 74.3 Å². The molecule has 0 bridgehead atoms. The number of ether oxygens (including phenoxy) is 1. The minimum absolute atomic E-state index is 0.0580. The molecule has 0 spiro atoms. The summed E-state index contributed by atoms with van der Waals surface area (Å²) in [6.45, 7) is 4.02. The molecule has 0 amide bonds. The topological polar surface area (TPSA) is 52.3 Å². The predicted octanol–water partition coefficient (Wildman–Crippen LogP) is 1.31. The third-order valence-corrected chi connectivity index (χ3v) is 2.09. The summed E-state index contributed by atoms with van der Waals surface area (Å²) in [6, 6.07) is -0.0580. The minimum atomic E-state index is -0.175. The normalized spacial score (nSPS) is 15.3. The first-order chi connectivity index (χ1) is 5.67. The lowest BCUT2D eigenvalue weighted by atomic mass is 9.94. The fraction of sp³-hybridized carbons (Fsp3) is 0.889. The first kappa shape index (κ1) is 11.4. The van der Waals surface area contributed by atoms with Gasteiger partial charge in [0.15, 0.2) is 0 Å². The lowest BCUT2D eigenvalue weighted by Crippen LogP contribution is -2.35. The molecule has 3 nitrogen and oxygen atoms in total. The van der Waals surface area contributed by atoms with Crippen molar-refractivity contribution in [3.8, 4) is 0 Å². The molecule has 2 unspecified atom stereocenters. The van der Waals surface area contributed by atoms with E-state index in [-0.39, 0.29) is 17.9 Å². The molecule has 0 heterocycles. The van der Waals surface area contributed by atoms with Crippen LogP contribution in [0.3, 0.4) is 0 Å². The van der Waals surface area contributed by atoms with Crippen molar-refractivity contribution in [2.24, 2.45) is 11.7 Å². The maximum atomic E-state index is 11.2. The van der Waals surface area contributed by atoms with Crippen LogP contribution >= 0.6 is 0 Å². The molecule has 0 aliphatic rings. The molecule has 0 aliphatic heterocycles. The Hall–Kier alpha value is -0.570. The molecule has 0 fully saturated rings. The molecule has 2 atom stereocenters. The van der Waals surface area contributed by atoms with Gasteiger partial charge in [-0.25, -0.2) is 0 Å². The van der Waals surface area contributed by atoms with Crippen LogP contribution in [0.1, 0.15) is 33.1 Å². The second kappa shape index (κ2) is 6.00. The van der Waals surface area contributed by atoms with E-state index in [2.05, 4.69) is 4.74 Å². The maximum absolute atomic E-state index is 11.2. The number of rotatable bonds is 5. The summed E-state index contributed by atoms with van der Waals surface area (Å²) in [5.74, 6) is -0.295. The second-order valence-electron chi connectivity index (χ2n) is 2.99. The molecule has 2 N–H and O–H groups in total. The molecule has 0 saturated heterocycles. The highest BCUT2D eigenvalue weighted by molar-refractivity contribution is 5.73. The summed E-state index contributed by atoms with van der Waals surface area (Å²) in [6.07, 6.45) is 2.61. The summed E-state index contributed by atoms with van der Waals surface area (Å²) in [5, 5.41) is 0. The largest absolute Gasteiger partial charge is 0.469 e. The fourth-order valence-corrected chi connectivity index (χ4v) is 1.25. The number of hydrogen-bond donors (Lipinski definition) is 1. The van der Waals surface area contributed by atoms with Gasteiger partial charge in [-0.1, -0.05) is 20.3 Å². The van der Waals surface area contributed by atoms with Crippen molar-refractivity contribution in [2.75, 3.05) is 7.11 Å². The Bertz CT molecular complexity index is 136. The van der Waals surface area contributed by atoms with E-state index in [1.807, 2.05) is 13.8 Å². The van der Waals surface area contributed by atoms with Crippen molar-refractivity contribution in [1.82, 2.24) is 0 Å². The van der Waals surface area contributed by atoms with Gasteiger partial charge in [0.2, 0.25) is 0 Å². The highest BCUT2D eigenvalue weighted by atomic mass is 16.5. The number of methoxy groups -OCH3 is 1. The van der Waals surface area contributed by atoms with Crippen molar-refractivity contribution in [3.05, 3.63) is 0 Å². The van der Waals surface area contributed by atoms with E-state index >= 15 is 0 Å². The van der Waals surface area contributed by atoms with E-state index in [1.165, 1.54) is 7.11 Å². The number of hydrogen-bond acceptors (Lipinski definition) is 3. The number of carbonyl (C=O) groups is 1. The lowest BCUT2D eigenvalue weighted by molar-refractivity contribution is -0.146. The van der Waals surface area contributed by atoms with Crippen LogP contribution in [0.5, 0.6) is 0 Å². The van der Waals surface area contributed by atoms with Crippen LogP contribution < -0.4 is 5.73 Å². The Balaban J connectivity index is 4.11. The average molecular weight is 173 g/mol. The first-order valence-electron chi connectivity index (χ1n) is 4.50. The van der Waals surface area contributed by atoms with Crippen molar-refractivity contribution in [2.45, 2.75) is 39.2 Å². The van der Waals surface area contributed by atoms with Gasteiger partial charge in [0, 0.05) is 6.04 Å². The minimum Gasteiger partial charge on any atom is -0.469 e. The van der Waals surface area contributed by atoms with Gasteiger partial charge >= 0.3 is 5.97 Å².